The zero-order valence-electron chi connectivity index (χ0n) is 13.1. The smallest absolute Gasteiger partial charge is 0.262 e. The van der Waals surface area contributed by atoms with Crippen LogP contribution in [-0.2, 0) is 4.79 Å². The van der Waals surface area contributed by atoms with Gasteiger partial charge in [0.25, 0.3) is 5.91 Å². The van der Waals surface area contributed by atoms with Gasteiger partial charge < -0.3 is 10.1 Å². The lowest BCUT2D eigenvalue weighted by molar-refractivity contribution is -0.118. The highest BCUT2D eigenvalue weighted by Gasteiger charge is 2.12. The number of carbonyl (C=O) groups excluding carboxylic acids is 1. The maximum atomic E-state index is 12.1. The zero-order valence-corrected chi connectivity index (χ0v) is 15.5. The largest absolute Gasteiger partial charge is 0.484 e. The summed E-state index contributed by atoms with van der Waals surface area (Å²) in [6.07, 6.45) is 0. The van der Waals surface area contributed by atoms with Crippen LogP contribution in [0.15, 0.2) is 35.7 Å². The number of thiophene rings is 1. The third-order valence-electron chi connectivity index (χ3n) is 3.21. The van der Waals surface area contributed by atoms with E-state index in [0.29, 0.717) is 10.8 Å². The lowest BCUT2D eigenvalue weighted by Gasteiger charge is -2.07. The molecule has 3 aromatic rings. The van der Waals surface area contributed by atoms with E-state index < -0.39 is 0 Å². The van der Waals surface area contributed by atoms with Crippen LogP contribution < -0.4 is 10.1 Å². The van der Waals surface area contributed by atoms with E-state index in [0.717, 1.165) is 26.1 Å². The number of aromatic nitrogens is 1. The first-order valence-electron chi connectivity index (χ1n) is 7.22. The maximum Gasteiger partial charge on any atom is 0.262 e. The number of anilines is 1. The van der Waals surface area contributed by atoms with E-state index in [1.807, 2.05) is 25.3 Å². The van der Waals surface area contributed by atoms with Gasteiger partial charge in [0, 0.05) is 21.0 Å². The molecule has 0 radical (unpaired) electrons. The zero-order chi connectivity index (χ0) is 17.1. The number of hydrogen-bond donors (Lipinski definition) is 1. The Morgan fingerprint density at radius 1 is 1.29 bits per heavy atom. The van der Waals surface area contributed by atoms with Crippen LogP contribution in [0.2, 0.25) is 5.02 Å². The van der Waals surface area contributed by atoms with E-state index in [2.05, 4.69) is 10.3 Å². The van der Waals surface area contributed by atoms with Crippen LogP contribution >= 0.6 is 34.3 Å². The highest BCUT2D eigenvalue weighted by Crippen LogP contribution is 2.35. The third kappa shape index (κ3) is 4.14. The first-order chi connectivity index (χ1) is 11.5. The number of nitrogens with zero attached hydrogens (tertiary/aromatic N) is 1. The molecule has 124 valence electrons. The predicted octanol–water partition coefficient (Wildman–Crippen LogP) is 5.16. The van der Waals surface area contributed by atoms with Crippen LogP contribution in [0.4, 0.5) is 5.69 Å². The van der Waals surface area contributed by atoms with Gasteiger partial charge in [0.05, 0.1) is 10.6 Å². The predicted molar refractivity (Wildman–Crippen MR) is 100 cm³/mol. The average molecular weight is 379 g/mol. The molecule has 1 N–H and O–H groups in total. The first kappa shape index (κ1) is 17.0. The van der Waals surface area contributed by atoms with Crippen molar-refractivity contribution in [1.29, 1.82) is 0 Å². The third-order valence-corrected chi connectivity index (χ3v) is 5.64. The molecule has 0 spiro atoms. The molecule has 4 nitrogen and oxygen atoms in total. The maximum absolute atomic E-state index is 12.1. The van der Waals surface area contributed by atoms with Crippen LogP contribution in [0.3, 0.4) is 0 Å². The normalized spacial score (nSPS) is 10.6. The Labute approximate surface area is 153 Å². The number of amides is 1. The van der Waals surface area contributed by atoms with Gasteiger partial charge in [-0.3, -0.25) is 4.79 Å². The molecule has 0 bridgehead atoms. The summed E-state index contributed by atoms with van der Waals surface area (Å²) in [7, 11) is 0. The van der Waals surface area contributed by atoms with Crippen molar-refractivity contribution in [3.63, 3.8) is 0 Å². The monoisotopic (exact) mass is 378 g/mol. The summed E-state index contributed by atoms with van der Waals surface area (Å²) in [6, 6.07) is 8.86. The summed E-state index contributed by atoms with van der Waals surface area (Å²) in [5.41, 5.74) is 1.80. The summed E-state index contributed by atoms with van der Waals surface area (Å²) in [5, 5.41) is 6.50. The van der Waals surface area contributed by atoms with Crippen molar-refractivity contribution in [2.24, 2.45) is 0 Å². The molecule has 0 atom stereocenters. The van der Waals surface area contributed by atoms with Gasteiger partial charge in [-0.2, -0.15) is 0 Å². The van der Waals surface area contributed by atoms with Crippen molar-refractivity contribution in [3.05, 3.63) is 51.3 Å². The Hall–Kier alpha value is -1.89. The van der Waals surface area contributed by atoms with Gasteiger partial charge >= 0.3 is 0 Å². The van der Waals surface area contributed by atoms with Crippen molar-refractivity contribution in [2.75, 3.05) is 11.9 Å². The fourth-order valence-electron chi connectivity index (χ4n) is 2.04. The molecule has 3 rings (SSSR count). The van der Waals surface area contributed by atoms with Crippen LogP contribution in [-0.4, -0.2) is 17.5 Å². The van der Waals surface area contributed by atoms with Crippen molar-refractivity contribution in [1.82, 2.24) is 4.98 Å². The Bertz CT molecular complexity index is 856. The molecule has 1 aromatic carbocycles. The quantitative estimate of drug-likeness (QED) is 0.667. The van der Waals surface area contributed by atoms with Crippen molar-refractivity contribution < 1.29 is 9.53 Å². The standard InChI is InChI=1S/C17H15ClN2O2S2/c1-10-9-23-17(19-10)15-7-14(11(2)24-15)20-16(21)8-22-13-5-3-12(18)4-6-13/h3-7,9H,8H2,1-2H3,(H,20,21). The van der Waals surface area contributed by atoms with E-state index in [4.69, 9.17) is 16.3 Å². The molecule has 1 amide bonds. The molecule has 2 aromatic heterocycles. The molecule has 2 heterocycles. The van der Waals surface area contributed by atoms with Crippen LogP contribution in [0.5, 0.6) is 5.75 Å². The number of rotatable bonds is 5. The van der Waals surface area contributed by atoms with E-state index in [1.165, 1.54) is 0 Å². The molecule has 7 heteroatoms. The van der Waals surface area contributed by atoms with Gasteiger partial charge in [0.2, 0.25) is 0 Å². The number of benzene rings is 1. The summed E-state index contributed by atoms with van der Waals surface area (Å²) >= 11 is 9.04. The lowest BCUT2D eigenvalue weighted by Crippen LogP contribution is -2.20. The summed E-state index contributed by atoms with van der Waals surface area (Å²) < 4.78 is 5.45. The lowest BCUT2D eigenvalue weighted by atomic mass is 10.3. The molecular weight excluding hydrogens is 364 g/mol. The molecule has 0 aliphatic heterocycles. The number of halogens is 1. The minimum Gasteiger partial charge on any atom is -0.484 e. The summed E-state index contributed by atoms with van der Waals surface area (Å²) in [4.78, 5) is 18.7. The topological polar surface area (TPSA) is 51.2 Å². The Morgan fingerprint density at radius 3 is 2.71 bits per heavy atom. The number of hydrogen-bond acceptors (Lipinski definition) is 5. The Kier molecular flexibility index (Phi) is 5.18. The molecule has 0 unspecified atom stereocenters. The number of thiazole rings is 1. The van der Waals surface area contributed by atoms with Crippen LogP contribution in [0.25, 0.3) is 9.88 Å². The van der Waals surface area contributed by atoms with Gasteiger partial charge in [0.1, 0.15) is 10.8 Å². The Morgan fingerprint density at radius 2 is 2.04 bits per heavy atom. The molecule has 0 saturated carbocycles. The first-order valence-corrected chi connectivity index (χ1v) is 9.30. The second-order valence-electron chi connectivity index (χ2n) is 5.17. The summed E-state index contributed by atoms with van der Waals surface area (Å²) in [6.45, 7) is 3.89. The SMILES string of the molecule is Cc1csc(-c2cc(NC(=O)COc3ccc(Cl)cc3)c(C)s2)n1. The molecular formula is C17H15ClN2O2S2. The molecule has 24 heavy (non-hydrogen) atoms. The van der Waals surface area contributed by atoms with Gasteiger partial charge in [-0.25, -0.2) is 4.98 Å². The fourth-order valence-corrected chi connectivity index (χ4v) is 4.01. The highest BCUT2D eigenvalue weighted by atomic mass is 35.5. The van der Waals surface area contributed by atoms with Crippen LogP contribution in [0, 0.1) is 13.8 Å². The minimum absolute atomic E-state index is 0.0530. The van der Waals surface area contributed by atoms with Crippen molar-refractivity contribution in [2.45, 2.75) is 13.8 Å². The number of aryl methyl sites for hydroxylation is 2. The molecule has 0 saturated heterocycles. The van der Waals surface area contributed by atoms with Crippen molar-refractivity contribution >= 4 is 45.9 Å². The Balaban J connectivity index is 1.62. The molecule has 0 aliphatic carbocycles. The van der Waals surface area contributed by atoms with E-state index >= 15 is 0 Å². The number of carbonyl (C=O) groups is 1. The van der Waals surface area contributed by atoms with E-state index in [-0.39, 0.29) is 12.5 Å². The minimum atomic E-state index is -0.201. The summed E-state index contributed by atoms with van der Waals surface area (Å²) in [5.74, 6) is 0.406. The van der Waals surface area contributed by atoms with Gasteiger partial charge in [-0.1, -0.05) is 11.6 Å². The molecule has 0 aliphatic rings. The number of ether oxygens (including phenoxy) is 1. The van der Waals surface area contributed by atoms with Crippen molar-refractivity contribution in [3.8, 4) is 15.6 Å². The molecule has 0 fully saturated rings. The van der Waals surface area contributed by atoms with Gasteiger partial charge in [0.15, 0.2) is 6.61 Å². The van der Waals surface area contributed by atoms with E-state index in [1.54, 1.807) is 46.9 Å². The van der Waals surface area contributed by atoms with Gasteiger partial charge in [-0.15, -0.1) is 22.7 Å². The van der Waals surface area contributed by atoms with E-state index in [9.17, 15) is 4.79 Å². The second-order valence-corrected chi connectivity index (χ2v) is 7.72. The fraction of sp³-hybridized carbons (Fsp3) is 0.176. The average Bonchev–Trinajstić information content (AvgIpc) is 3.13. The second kappa shape index (κ2) is 7.34. The van der Waals surface area contributed by atoms with Crippen LogP contribution in [0.1, 0.15) is 10.6 Å². The number of nitrogens with one attached hydrogen (secondary N) is 1. The van der Waals surface area contributed by atoms with Gasteiger partial charge in [-0.05, 0) is 44.2 Å². The highest BCUT2D eigenvalue weighted by molar-refractivity contribution is 7.21.